The molecule has 0 spiro atoms. The second kappa shape index (κ2) is 9.35. The number of hydrogen-bond acceptors (Lipinski definition) is 5. The van der Waals surface area contributed by atoms with E-state index in [0.29, 0.717) is 35.7 Å². The third-order valence-electron chi connectivity index (χ3n) is 9.49. The van der Waals surface area contributed by atoms with E-state index in [-0.39, 0.29) is 24.2 Å². The van der Waals surface area contributed by atoms with Crippen LogP contribution >= 0.6 is 0 Å². The predicted octanol–water partition coefficient (Wildman–Crippen LogP) is 5.34. The van der Waals surface area contributed by atoms with Gasteiger partial charge >= 0.3 is 6.18 Å². The molecule has 2 saturated carbocycles. The Kier molecular flexibility index (Phi) is 6.02. The van der Waals surface area contributed by atoms with Gasteiger partial charge in [-0.2, -0.15) is 13.2 Å². The summed E-state index contributed by atoms with van der Waals surface area (Å²) < 4.78 is 60.4. The Bertz CT molecular complexity index is 1690. The lowest BCUT2D eigenvalue weighted by Gasteiger charge is -2.46. The maximum absolute atomic E-state index is 14.4. The molecule has 0 radical (unpaired) electrons. The van der Waals surface area contributed by atoms with Gasteiger partial charge in [-0.05, 0) is 72.9 Å². The maximum atomic E-state index is 14.4. The molecule has 1 N–H and O–H groups in total. The first-order valence-corrected chi connectivity index (χ1v) is 14.2. The highest BCUT2D eigenvalue weighted by Crippen LogP contribution is 2.52. The van der Waals surface area contributed by atoms with E-state index in [0.717, 1.165) is 36.7 Å². The largest absolute Gasteiger partial charge is 0.416 e. The molecule has 0 unspecified atom stereocenters. The van der Waals surface area contributed by atoms with Gasteiger partial charge in [0.1, 0.15) is 18.8 Å². The number of aryl methyl sites for hydroxylation is 1. The van der Waals surface area contributed by atoms with Crippen LogP contribution in [0.15, 0.2) is 43.1 Å². The fourth-order valence-corrected chi connectivity index (χ4v) is 7.14. The maximum Gasteiger partial charge on any atom is 0.416 e. The monoisotopic (exact) mass is 581 g/mol. The number of carbonyl (C=O) groups excluding carboxylic acids is 1. The van der Waals surface area contributed by atoms with Crippen molar-refractivity contribution in [2.45, 2.75) is 69.2 Å². The van der Waals surface area contributed by atoms with Crippen LogP contribution in [0.1, 0.15) is 77.5 Å². The van der Waals surface area contributed by atoms with Gasteiger partial charge in [0.2, 0.25) is 0 Å². The minimum Gasteiger partial charge on any atom is -0.320 e. The van der Waals surface area contributed by atoms with E-state index < -0.39 is 35.3 Å². The van der Waals surface area contributed by atoms with Gasteiger partial charge in [-0.1, -0.05) is 6.92 Å². The molecule has 2 aliphatic carbocycles. The molecule has 3 aliphatic rings. The van der Waals surface area contributed by atoms with Gasteiger partial charge in [0.05, 0.1) is 23.2 Å². The fraction of sp³-hybridized carbons (Fsp3) is 0.467. The van der Waals surface area contributed by atoms with E-state index in [1.165, 1.54) is 11.0 Å². The first kappa shape index (κ1) is 27.1. The number of aromatic nitrogens is 5. The number of pyridine rings is 1. The number of carbonyl (C=O) groups is 1. The lowest BCUT2D eigenvalue weighted by atomic mass is 9.59. The first-order valence-electron chi connectivity index (χ1n) is 14.2. The van der Waals surface area contributed by atoms with Gasteiger partial charge in [-0.25, -0.2) is 9.37 Å². The van der Waals surface area contributed by atoms with E-state index in [1.54, 1.807) is 18.7 Å². The summed E-state index contributed by atoms with van der Waals surface area (Å²) >= 11 is 0. The quantitative estimate of drug-likeness (QED) is 0.298. The summed E-state index contributed by atoms with van der Waals surface area (Å²) in [5, 5.41) is 11.6. The molecule has 0 bridgehead atoms. The third-order valence-corrected chi connectivity index (χ3v) is 9.49. The summed E-state index contributed by atoms with van der Waals surface area (Å²) in [4.78, 5) is 19.8. The Morgan fingerprint density at radius 1 is 1.17 bits per heavy atom. The Balaban J connectivity index is 1.30. The highest BCUT2D eigenvalue weighted by atomic mass is 19.4. The van der Waals surface area contributed by atoms with E-state index in [4.69, 9.17) is 0 Å². The van der Waals surface area contributed by atoms with Crippen molar-refractivity contribution in [3.05, 3.63) is 76.8 Å². The summed E-state index contributed by atoms with van der Waals surface area (Å²) in [7, 11) is 1.89. The Hall–Kier alpha value is -3.80. The Morgan fingerprint density at radius 3 is 2.57 bits per heavy atom. The first-order chi connectivity index (χ1) is 20.0. The Morgan fingerprint density at radius 2 is 1.95 bits per heavy atom. The highest BCUT2D eigenvalue weighted by Gasteiger charge is 2.49. The van der Waals surface area contributed by atoms with Gasteiger partial charge in [0, 0.05) is 43.3 Å². The van der Waals surface area contributed by atoms with Crippen LogP contribution in [0.2, 0.25) is 0 Å². The van der Waals surface area contributed by atoms with Gasteiger partial charge in [0.25, 0.3) is 5.91 Å². The number of alkyl halides is 4. The molecular formula is C30H31F4N7O. The van der Waals surface area contributed by atoms with Crippen LogP contribution in [0, 0.1) is 5.92 Å². The fourth-order valence-electron chi connectivity index (χ4n) is 7.14. The number of amides is 1. The van der Waals surface area contributed by atoms with Crippen molar-refractivity contribution < 1.29 is 22.4 Å². The molecule has 2 fully saturated rings. The van der Waals surface area contributed by atoms with E-state index >= 15 is 0 Å². The second-order valence-corrected chi connectivity index (χ2v) is 12.3. The zero-order valence-corrected chi connectivity index (χ0v) is 23.4. The normalized spacial score (nSPS) is 23.2. The van der Waals surface area contributed by atoms with Crippen molar-refractivity contribution in [2.75, 3.05) is 11.6 Å². The van der Waals surface area contributed by atoms with Crippen molar-refractivity contribution in [3.63, 3.8) is 0 Å². The van der Waals surface area contributed by atoms with Gasteiger partial charge in [0.15, 0.2) is 5.65 Å². The van der Waals surface area contributed by atoms with Crippen LogP contribution in [0.25, 0.3) is 5.65 Å². The number of anilines is 1. The SMILES string of the molecule is CC1CC(c2cc(N3Cc4c(cc(CNC5(CF)CCC5)cc4C(F)(F)F)C3=O)c3nccn3c2)(c2nncn2C)C1. The molecule has 1 aromatic carbocycles. The second-order valence-electron chi connectivity index (χ2n) is 12.3. The Labute approximate surface area is 239 Å². The van der Waals surface area contributed by atoms with E-state index in [2.05, 4.69) is 27.4 Å². The summed E-state index contributed by atoms with van der Waals surface area (Å²) in [5.41, 5.74) is 0.100. The van der Waals surface area contributed by atoms with Crippen molar-refractivity contribution in [1.82, 2.24) is 29.5 Å². The molecule has 1 amide bonds. The van der Waals surface area contributed by atoms with Crippen LogP contribution < -0.4 is 10.2 Å². The molecule has 3 aromatic heterocycles. The average Bonchev–Trinajstić information content (AvgIpc) is 3.64. The molecule has 8 nitrogen and oxygen atoms in total. The molecule has 7 rings (SSSR count). The minimum atomic E-state index is -4.66. The zero-order chi connectivity index (χ0) is 29.4. The van der Waals surface area contributed by atoms with Crippen molar-refractivity contribution in [2.24, 2.45) is 13.0 Å². The predicted molar refractivity (Wildman–Crippen MR) is 147 cm³/mol. The molecule has 0 saturated heterocycles. The average molecular weight is 582 g/mol. The minimum absolute atomic E-state index is 0.0138. The smallest absolute Gasteiger partial charge is 0.320 e. The van der Waals surface area contributed by atoms with Crippen LogP contribution in [0.4, 0.5) is 23.2 Å². The number of rotatable bonds is 7. The summed E-state index contributed by atoms with van der Waals surface area (Å²) in [6.45, 7) is 1.40. The summed E-state index contributed by atoms with van der Waals surface area (Å²) in [6, 6.07) is 4.49. The molecule has 0 atom stereocenters. The molecule has 220 valence electrons. The molecular weight excluding hydrogens is 550 g/mol. The van der Waals surface area contributed by atoms with E-state index in [1.807, 2.05) is 28.3 Å². The number of nitrogens with zero attached hydrogens (tertiary/aromatic N) is 6. The number of fused-ring (bicyclic) bond motifs is 2. The van der Waals surface area contributed by atoms with Gasteiger partial charge in [-0.15, -0.1) is 10.2 Å². The molecule has 4 aromatic rings. The van der Waals surface area contributed by atoms with Crippen LogP contribution in [0.3, 0.4) is 0 Å². The third kappa shape index (κ3) is 4.05. The lowest BCUT2D eigenvalue weighted by Crippen LogP contribution is -2.52. The van der Waals surface area contributed by atoms with Crippen LogP contribution in [0.5, 0.6) is 0 Å². The number of nitrogens with one attached hydrogen (secondary N) is 1. The lowest BCUT2D eigenvalue weighted by molar-refractivity contribution is -0.138. The van der Waals surface area contributed by atoms with Crippen molar-refractivity contribution >= 4 is 17.2 Å². The zero-order valence-electron chi connectivity index (χ0n) is 23.4. The van der Waals surface area contributed by atoms with Gasteiger partial charge in [-0.3, -0.25) is 4.79 Å². The van der Waals surface area contributed by atoms with Crippen LogP contribution in [-0.4, -0.2) is 42.3 Å². The number of halogens is 4. The van der Waals surface area contributed by atoms with E-state index in [9.17, 15) is 22.4 Å². The summed E-state index contributed by atoms with van der Waals surface area (Å²) in [6.07, 6.45) is 6.14. The highest BCUT2D eigenvalue weighted by molar-refractivity contribution is 6.12. The van der Waals surface area contributed by atoms with Crippen LogP contribution in [-0.2, 0) is 31.7 Å². The summed E-state index contributed by atoms with van der Waals surface area (Å²) in [5.74, 6) is 0.730. The standard InChI is InChI=1S/C30H31F4N7O/c1-18-11-29(12-18,27-38-37-17-39(27)2)20-10-24(25-35-6-7-40(25)14-20)41-15-22-21(26(41)42)8-19(9-23(22)30(32,33)34)13-36-28(16-31)4-3-5-28/h6-10,14,17-18,36H,3-5,11-13,15-16H2,1-2H3. The molecule has 12 heteroatoms. The number of benzene rings is 1. The topological polar surface area (TPSA) is 80.3 Å². The molecule has 4 heterocycles. The van der Waals surface area contributed by atoms with Gasteiger partial charge < -0.3 is 19.2 Å². The number of imidazole rings is 1. The molecule has 1 aliphatic heterocycles. The number of hydrogen-bond donors (Lipinski definition) is 1. The molecule has 42 heavy (non-hydrogen) atoms. The van der Waals surface area contributed by atoms with Crippen molar-refractivity contribution in [3.8, 4) is 0 Å². The van der Waals surface area contributed by atoms with Crippen molar-refractivity contribution in [1.29, 1.82) is 0 Å².